The fourth-order valence-electron chi connectivity index (χ4n) is 2.39. The summed E-state index contributed by atoms with van der Waals surface area (Å²) in [5.41, 5.74) is 4.88. The summed E-state index contributed by atoms with van der Waals surface area (Å²) >= 11 is 3.61. The summed E-state index contributed by atoms with van der Waals surface area (Å²) in [6.07, 6.45) is 1.03. The van der Waals surface area contributed by atoms with Gasteiger partial charge in [-0.05, 0) is 31.0 Å². The molecule has 2 aromatic carbocycles. The Bertz CT molecular complexity index is 580. The lowest BCUT2D eigenvalue weighted by atomic mass is 10.0. The summed E-state index contributed by atoms with van der Waals surface area (Å²) in [5, 5.41) is 3.65. The monoisotopic (exact) mass is 347 g/mol. The molecule has 1 atom stereocenters. The van der Waals surface area contributed by atoms with E-state index < -0.39 is 0 Å². The van der Waals surface area contributed by atoms with Gasteiger partial charge in [0, 0.05) is 22.8 Å². The number of methoxy groups -OCH3 is 1. The first kappa shape index (κ1) is 16.1. The largest absolute Gasteiger partial charge is 0.380 e. The van der Waals surface area contributed by atoms with Gasteiger partial charge in [-0.2, -0.15) is 0 Å². The van der Waals surface area contributed by atoms with Gasteiger partial charge in [-0.3, -0.25) is 0 Å². The minimum Gasteiger partial charge on any atom is -0.380 e. The van der Waals surface area contributed by atoms with Crippen molar-refractivity contribution < 1.29 is 4.74 Å². The van der Waals surface area contributed by atoms with Gasteiger partial charge in [0.15, 0.2) is 0 Å². The van der Waals surface area contributed by atoms with Gasteiger partial charge in [-0.15, -0.1) is 0 Å². The summed E-state index contributed by atoms with van der Waals surface area (Å²) in [6, 6.07) is 15.2. The number of hydrogen-bond acceptors (Lipinski definition) is 2. The van der Waals surface area contributed by atoms with Crippen LogP contribution in [-0.4, -0.2) is 7.11 Å². The molecule has 0 aliphatic carbocycles. The van der Waals surface area contributed by atoms with Crippen LogP contribution in [0.4, 0.5) is 5.69 Å². The van der Waals surface area contributed by atoms with Crippen molar-refractivity contribution in [3.05, 3.63) is 63.6 Å². The molecule has 0 spiro atoms. The highest BCUT2D eigenvalue weighted by atomic mass is 79.9. The van der Waals surface area contributed by atoms with Crippen molar-refractivity contribution in [2.75, 3.05) is 12.4 Å². The smallest absolute Gasteiger partial charge is 0.0744 e. The molecule has 0 saturated heterocycles. The van der Waals surface area contributed by atoms with E-state index in [2.05, 4.69) is 65.4 Å². The highest BCUT2D eigenvalue weighted by Gasteiger charge is 2.13. The molecule has 0 radical (unpaired) electrons. The van der Waals surface area contributed by atoms with E-state index in [1.807, 2.05) is 12.1 Å². The Morgan fingerprint density at radius 3 is 2.48 bits per heavy atom. The average Bonchev–Trinajstić information content (AvgIpc) is 2.49. The van der Waals surface area contributed by atoms with Crippen LogP contribution in [0.1, 0.15) is 36.1 Å². The SMILES string of the molecule is CCC(Nc1cccc(Br)c1COC)c1ccc(C)cc1. The van der Waals surface area contributed by atoms with Crippen LogP contribution < -0.4 is 5.32 Å². The Morgan fingerprint density at radius 1 is 1.14 bits per heavy atom. The maximum atomic E-state index is 5.32. The molecular weight excluding hydrogens is 326 g/mol. The third kappa shape index (κ3) is 4.08. The lowest BCUT2D eigenvalue weighted by Crippen LogP contribution is -2.11. The predicted octanol–water partition coefficient (Wildman–Crippen LogP) is 5.47. The lowest BCUT2D eigenvalue weighted by molar-refractivity contribution is 0.185. The minimum absolute atomic E-state index is 0.301. The van der Waals surface area contributed by atoms with Crippen molar-refractivity contribution in [2.45, 2.75) is 32.9 Å². The zero-order chi connectivity index (χ0) is 15.2. The first-order valence-corrected chi connectivity index (χ1v) is 8.04. The molecule has 0 aliphatic heterocycles. The summed E-state index contributed by atoms with van der Waals surface area (Å²) in [7, 11) is 1.72. The number of aryl methyl sites for hydroxylation is 1. The van der Waals surface area contributed by atoms with Crippen LogP contribution in [0, 0.1) is 6.92 Å². The molecule has 2 nitrogen and oxygen atoms in total. The molecule has 0 heterocycles. The maximum Gasteiger partial charge on any atom is 0.0744 e. The molecule has 1 N–H and O–H groups in total. The van der Waals surface area contributed by atoms with Gasteiger partial charge >= 0.3 is 0 Å². The molecule has 21 heavy (non-hydrogen) atoms. The third-order valence-corrected chi connectivity index (χ3v) is 4.37. The number of anilines is 1. The first-order valence-electron chi connectivity index (χ1n) is 7.25. The van der Waals surface area contributed by atoms with E-state index in [0.717, 1.165) is 22.1 Å². The Balaban J connectivity index is 2.26. The van der Waals surface area contributed by atoms with Gasteiger partial charge < -0.3 is 10.1 Å². The minimum atomic E-state index is 0.301. The van der Waals surface area contributed by atoms with Crippen LogP contribution in [0.3, 0.4) is 0 Å². The first-order chi connectivity index (χ1) is 10.2. The van der Waals surface area contributed by atoms with Crippen molar-refractivity contribution in [3.63, 3.8) is 0 Å². The molecule has 0 amide bonds. The molecule has 0 fully saturated rings. The Hall–Kier alpha value is -1.32. The zero-order valence-corrected chi connectivity index (χ0v) is 14.4. The van der Waals surface area contributed by atoms with Crippen molar-refractivity contribution in [1.82, 2.24) is 0 Å². The second kappa shape index (κ2) is 7.62. The molecule has 0 bridgehead atoms. The highest BCUT2D eigenvalue weighted by Crippen LogP contribution is 2.30. The molecule has 0 aliphatic rings. The lowest BCUT2D eigenvalue weighted by Gasteiger charge is -2.21. The van der Waals surface area contributed by atoms with Crippen molar-refractivity contribution in [1.29, 1.82) is 0 Å². The number of ether oxygens (including phenoxy) is 1. The van der Waals surface area contributed by atoms with E-state index in [0.29, 0.717) is 12.6 Å². The van der Waals surface area contributed by atoms with E-state index in [-0.39, 0.29) is 0 Å². The molecule has 1 unspecified atom stereocenters. The van der Waals surface area contributed by atoms with E-state index in [1.165, 1.54) is 11.1 Å². The predicted molar refractivity (Wildman–Crippen MR) is 92.7 cm³/mol. The second-order valence-electron chi connectivity index (χ2n) is 5.21. The van der Waals surface area contributed by atoms with Crippen LogP contribution in [-0.2, 0) is 11.3 Å². The Labute approximate surface area is 135 Å². The molecule has 112 valence electrons. The summed E-state index contributed by atoms with van der Waals surface area (Å²) in [5.74, 6) is 0. The second-order valence-corrected chi connectivity index (χ2v) is 6.07. The summed E-state index contributed by atoms with van der Waals surface area (Å²) < 4.78 is 6.39. The van der Waals surface area contributed by atoms with Gasteiger partial charge in [0.1, 0.15) is 0 Å². The van der Waals surface area contributed by atoms with Crippen LogP contribution in [0.25, 0.3) is 0 Å². The topological polar surface area (TPSA) is 21.3 Å². The third-order valence-electron chi connectivity index (χ3n) is 3.63. The molecular formula is C18H22BrNO. The van der Waals surface area contributed by atoms with Gasteiger partial charge in [-0.1, -0.05) is 58.7 Å². The average molecular weight is 348 g/mol. The number of nitrogens with one attached hydrogen (secondary N) is 1. The van der Waals surface area contributed by atoms with Crippen LogP contribution in [0.2, 0.25) is 0 Å². The fraction of sp³-hybridized carbons (Fsp3) is 0.333. The molecule has 2 aromatic rings. The Morgan fingerprint density at radius 2 is 1.86 bits per heavy atom. The highest BCUT2D eigenvalue weighted by molar-refractivity contribution is 9.10. The van der Waals surface area contributed by atoms with Gasteiger partial charge in [-0.25, -0.2) is 0 Å². The van der Waals surface area contributed by atoms with Gasteiger partial charge in [0.25, 0.3) is 0 Å². The van der Waals surface area contributed by atoms with E-state index in [4.69, 9.17) is 4.74 Å². The fourth-order valence-corrected chi connectivity index (χ4v) is 2.87. The van der Waals surface area contributed by atoms with Crippen molar-refractivity contribution in [3.8, 4) is 0 Å². The van der Waals surface area contributed by atoms with Gasteiger partial charge in [0.05, 0.1) is 12.6 Å². The molecule has 0 aromatic heterocycles. The number of hydrogen-bond donors (Lipinski definition) is 1. The van der Waals surface area contributed by atoms with Crippen LogP contribution in [0.5, 0.6) is 0 Å². The van der Waals surface area contributed by atoms with Gasteiger partial charge in [0.2, 0.25) is 0 Å². The molecule has 2 rings (SSSR count). The molecule has 3 heteroatoms. The molecule has 0 saturated carbocycles. The number of rotatable bonds is 6. The summed E-state index contributed by atoms with van der Waals surface area (Å²) in [6.45, 7) is 4.91. The van der Waals surface area contributed by atoms with Crippen molar-refractivity contribution >= 4 is 21.6 Å². The Kier molecular flexibility index (Phi) is 5.83. The number of halogens is 1. The zero-order valence-electron chi connectivity index (χ0n) is 12.8. The number of benzene rings is 2. The van der Waals surface area contributed by atoms with Crippen LogP contribution >= 0.6 is 15.9 Å². The van der Waals surface area contributed by atoms with E-state index >= 15 is 0 Å². The quantitative estimate of drug-likeness (QED) is 0.748. The maximum absolute atomic E-state index is 5.32. The van der Waals surface area contributed by atoms with Crippen LogP contribution in [0.15, 0.2) is 46.9 Å². The van der Waals surface area contributed by atoms with E-state index in [1.54, 1.807) is 7.11 Å². The summed E-state index contributed by atoms with van der Waals surface area (Å²) in [4.78, 5) is 0. The van der Waals surface area contributed by atoms with Crippen molar-refractivity contribution in [2.24, 2.45) is 0 Å². The standard InChI is InChI=1S/C18H22BrNO/c1-4-17(14-10-8-13(2)9-11-14)20-18-7-5-6-16(19)15(18)12-21-3/h5-11,17,20H,4,12H2,1-3H3. The van der Waals surface area contributed by atoms with E-state index in [9.17, 15) is 0 Å². The normalized spacial score (nSPS) is 12.2.